The quantitative estimate of drug-likeness (QED) is 0.906. The smallest absolute Gasteiger partial charge is 0.119 e. The van der Waals surface area contributed by atoms with Crippen LogP contribution in [0.4, 0.5) is 0 Å². The standard InChI is InChI=1S/C16H23NO2/c1-11-16(7-8-19-11)17-14-5-3-12-4-6-15(18-2)10-13(12)9-14/h4,6,10-11,14,16-17H,3,5,7-9H2,1-2H3. The summed E-state index contributed by atoms with van der Waals surface area (Å²) in [5, 5.41) is 3.78. The molecule has 1 aliphatic heterocycles. The Bertz CT molecular complexity index is 446. The zero-order chi connectivity index (χ0) is 13.2. The average molecular weight is 261 g/mol. The number of nitrogens with one attached hydrogen (secondary N) is 1. The highest BCUT2D eigenvalue weighted by Gasteiger charge is 2.28. The van der Waals surface area contributed by atoms with E-state index in [-0.39, 0.29) is 0 Å². The summed E-state index contributed by atoms with van der Waals surface area (Å²) in [5.41, 5.74) is 2.92. The van der Waals surface area contributed by atoms with E-state index in [0.717, 1.165) is 25.2 Å². The van der Waals surface area contributed by atoms with Crippen LogP contribution in [0.5, 0.6) is 5.75 Å². The van der Waals surface area contributed by atoms with Crippen LogP contribution in [-0.4, -0.2) is 31.9 Å². The van der Waals surface area contributed by atoms with Crippen molar-refractivity contribution in [1.29, 1.82) is 0 Å². The van der Waals surface area contributed by atoms with Crippen molar-refractivity contribution in [3.05, 3.63) is 29.3 Å². The van der Waals surface area contributed by atoms with Crippen molar-refractivity contribution in [3.8, 4) is 5.75 Å². The molecule has 2 aliphatic rings. The minimum atomic E-state index is 0.353. The fraction of sp³-hybridized carbons (Fsp3) is 0.625. The van der Waals surface area contributed by atoms with Gasteiger partial charge in [-0.25, -0.2) is 0 Å². The zero-order valence-corrected chi connectivity index (χ0v) is 11.8. The summed E-state index contributed by atoms with van der Waals surface area (Å²) in [7, 11) is 1.73. The van der Waals surface area contributed by atoms with E-state index < -0.39 is 0 Å². The molecule has 0 amide bonds. The molecular weight excluding hydrogens is 238 g/mol. The number of aryl methyl sites for hydroxylation is 1. The predicted octanol–water partition coefficient (Wildman–Crippen LogP) is 2.32. The van der Waals surface area contributed by atoms with Crippen molar-refractivity contribution in [2.24, 2.45) is 0 Å². The highest BCUT2D eigenvalue weighted by Crippen LogP contribution is 2.26. The first-order valence-corrected chi connectivity index (χ1v) is 7.29. The maximum absolute atomic E-state index is 5.63. The van der Waals surface area contributed by atoms with Crippen LogP contribution >= 0.6 is 0 Å². The molecule has 3 heteroatoms. The summed E-state index contributed by atoms with van der Waals surface area (Å²) in [5.74, 6) is 0.969. The van der Waals surface area contributed by atoms with Gasteiger partial charge in [-0.3, -0.25) is 0 Å². The summed E-state index contributed by atoms with van der Waals surface area (Å²) < 4.78 is 11.0. The lowest BCUT2D eigenvalue weighted by Gasteiger charge is -2.29. The maximum Gasteiger partial charge on any atom is 0.119 e. The van der Waals surface area contributed by atoms with Crippen molar-refractivity contribution in [2.45, 2.75) is 50.8 Å². The second-order valence-corrected chi connectivity index (χ2v) is 5.71. The second kappa shape index (κ2) is 5.51. The predicted molar refractivity (Wildman–Crippen MR) is 75.8 cm³/mol. The van der Waals surface area contributed by atoms with E-state index in [9.17, 15) is 0 Å². The molecule has 0 saturated carbocycles. The van der Waals surface area contributed by atoms with E-state index in [1.165, 1.54) is 24.0 Å². The van der Waals surface area contributed by atoms with Crippen LogP contribution in [0.2, 0.25) is 0 Å². The van der Waals surface area contributed by atoms with Crippen LogP contribution < -0.4 is 10.1 Å². The molecule has 1 aromatic rings. The number of hydrogen-bond acceptors (Lipinski definition) is 3. The van der Waals surface area contributed by atoms with Crippen LogP contribution in [-0.2, 0) is 17.6 Å². The molecule has 3 unspecified atom stereocenters. The monoisotopic (exact) mass is 261 g/mol. The molecule has 3 atom stereocenters. The molecule has 104 valence electrons. The van der Waals surface area contributed by atoms with Gasteiger partial charge in [0.05, 0.1) is 13.2 Å². The van der Waals surface area contributed by atoms with E-state index in [1.54, 1.807) is 7.11 Å². The minimum absolute atomic E-state index is 0.353. The summed E-state index contributed by atoms with van der Waals surface area (Å²) >= 11 is 0. The van der Waals surface area contributed by atoms with Gasteiger partial charge in [0.2, 0.25) is 0 Å². The number of fused-ring (bicyclic) bond motifs is 1. The van der Waals surface area contributed by atoms with E-state index >= 15 is 0 Å². The molecule has 19 heavy (non-hydrogen) atoms. The molecule has 3 rings (SSSR count). The fourth-order valence-electron chi connectivity index (χ4n) is 3.26. The highest BCUT2D eigenvalue weighted by atomic mass is 16.5. The lowest BCUT2D eigenvalue weighted by Crippen LogP contribution is -2.44. The third kappa shape index (κ3) is 2.77. The van der Waals surface area contributed by atoms with E-state index in [0.29, 0.717) is 18.2 Å². The van der Waals surface area contributed by atoms with E-state index in [1.807, 2.05) is 0 Å². The van der Waals surface area contributed by atoms with Gasteiger partial charge < -0.3 is 14.8 Å². The molecule has 3 nitrogen and oxygen atoms in total. The van der Waals surface area contributed by atoms with Crippen molar-refractivity contribution in [3.63, 3.8) is 0 Å². The van der Waals surface area contributed by atoms with E-state index in [4.69, 9.17) is 9.47 Å². The number of hydrogen-bond donors (Lipinski definition) is 1. The topological polar surface area (TPSA) is 30.5 Å². The SMILES string of the molecule is COc1ccc2c(c1)CC(NC1CCOC1C)CC2. The number of methoxy groups -OCH3 is 1. The molecule has 1 N–H and O–H groups in total. The number of ether oxygens (including phenoxy) is 2. The van der Waals surface area contributed by atoms with Crippen LogP contribution in [0.25, 0.3) is 0 Å². The second-order valence-electron chi connectivity index (χ2n) is 5.71. The summed E-state index contributed by atoms with van der Waals surface area (Å²) in [6.45, 7) is 3.07. The first-order chi connectivity index (χ1) is 9.26. The molecule has 1 aromatic carbocycles. The van der Waals surface area contributed by atoms with Gasteiger partial charge in [-0.2, -0.15) is 0 Å². The maximum atomic E-state index is 5.63. The van der Waals surface area contributed by atoms with Gasteiger partial charge >= 0.3 is 0 Å². The molecule has 1 saturated heterocycles. The first-order valence-electron chi connectivity index (χ1n) is 7.29. The molecule has 0 bridgehead atoms. The van der Waals surface area contributed by atoms with Crippen LogP contribution in [0.15, 0.2) is 18.2 Å². The Morgan fingerprint density at radius 2 is 2.16 bits per heavy atom. The molecule has 1 aliphatic carbocycles. The van der Waals surface area contributed by atoms with Gasteiger partial charge in [0, 0.05) is 18.7 Å². The normalized spacial score (nSPS) is 30.1. The Hall–Kier alpha value is -1.06. The lowest BCUT2D eigenvalue weighted by molar-refractivity contribution is 0.110. The van der Waals surface area contributed by atoms with Gasteiger partial charge in [0.25, 0.3) is 0 Å². The van der Waals surface area contributed by atoms with Crippen molar-refractivity contribution in [1.82, 2.24) is 5.32 Å². The van der Waals surface area contributed by atoms with Crippen molar-refractivity contribution in [2.75, 3.05) is 13.7 Å². The highest BCUT2D eigenvalue weighted by molar-refractivity contribution is 5.37. The Labute approximate surface area is 115 Å². The van der Waals surface area contributed by atoms with Crippen LogP contribution in [0.1, 0.15) is 30.9 Å². The lowest BCUT2D eigenvalue weighted by atomic mass is 9.87. The van der Waals surface area contributed by atoms with Gasteiger partial charge in [-0.05, 0) is 55.9 Å². The minimum Gasteiger partial charge on any atom is -0.497 e. The van der Waals surface area contributed by atoms with Crippen LogP contribution in [0, 0.1) is 0 Å². The number of rotatable bonds is 3. The fourth-order valence-corrected chi connectivity index (χ4v) is 3.26. The van der Waals surface area contributed by atoms with Gasteiger partial charge in [-0.15, -0.1) is 0 Å². The summed E-state index contributed by atoms with van der Waals surface area (Å²) in [6, 6.07) is 7.58. The third-order valence-corrected chi connectivity index (χ3v) is 4.47. The van der Waals surface area contributed by atoms with Gasteiger partial charge in [-0.1, -0.05) is 6.07 Å². The third-order valence-electron chi connectivity index (χ3n) is 4.47. The van der Waals surface area contributed by atoms with Crippen molar-refractivity contribution < 1.29 is 9.47 Å². The zero-order valence-electron chi connectivity index (χ0n) is 11.8. The Morgan fingerprint density at radius 1 is 1.26 bits per heavy atom. The summed E-state index contributed by atoms with van der Waals surface area (Å²) in [4.78, 5) is 0. The molecule has 0 radical (unpaired) electrons. The Kier molecular flexibility index (Phi) is 3.76. The van der Waals surface area contributed by atoms with Crippen LogP contribution in [0.3, 0.4) is 0 Å². The van der Waals surface area contributed by atoms with Gasteiger partial charge in [0.1, 0.15) is 5.75 Å². The Morgan fingerprint density at radius 3 is 2.89 bits per heavy atom. The average Bonchev–Trinajstić information content (AvgIpc) is 2.83. The van der Waals surface area contributed by atoms with Gasteiger partial charge in [0.15, 0.2) is 0 Å². The van der Waals surface area contributed by atoms with E-state index in [2.05, 4.69) is 30.4 Å². The number of benzene rings is 1. The largest absolute Gasteiger partial charge is 0.497 e. The molecule has 0 aromatic heterocycles. The van der Waals surface area contributed by atoms with Crippen molar-refractivity contribution >= 4 is 0 Å². The molecule has 0 spiro atoms. The molecule has 1 fully saturated rings. The molecular formula is C16H23NO2. The summed E-state index contributed by atoms with van der Waals surface area (Å²) in [6.07, 6.45) is 4.99. The molecule has 1 heterocycles. The first kappa shape index (κ1) is 12.9. The Balaban J connectivity index is 1.67.